The molecule has 0 saturated heterocycles. The smallest absolute Gasteiger partial charge is 0.329 e. The Kier molecular flexibility index (Phi) is 4.28. The lowest BCUT2D eigenvalue weighted by Crippen LogP contribution is -2.27. The number of carbonyl (C=O) groups excluding carboxylic acids is 1. The topological polar surface area (TPSA) is 44.1 Å². The summed E-state index contributed by atoms with van der Waals surface area (Å²) in [5.41, 5.74) is 0.766. The molecule has 0 aliphatic rings. The Morgan fingerprint density at radius 3 is 2.75 bits per heavy atom. The van der Waals surface area contributed by atoms with Crippen LogP contribution in [-0.2, 0) is 15.4 Å². The molecule has 0 aliphatic heterocycles. The minimum Gasteiger partial charge on any atom is -0.467 e. The Balaban J connectivity index is 2.73. The molecular weight excluding hydrogens is 283 g/mol. The quantitative estimate of drug-likeness (QED) is 0.643. The van der Waals surface area contributed by atoms with Gasteiger partial charge in [-0.15, -0.1) is 11.6 Å². The zero-order valence-corrected chi connectivity index (χ0v) is 12.3. The highest BCUT2D eigenvalue weighted by atomic mass is 35.5. The first kappa shape index (κ1) is 14.8. The monoisotopic (exact) mass is 298 g/mol. The molecule has 1 unspecified atom stereocenters. The number of esters is 1. The van der Waals surface area contributed by atoms with Gasteiger partial charge >= 0.3 is 5.97 Å². The molecule has 2 rings (SSSR count). The fourth-order valence-electron chi connectivity index (χ4n) is 2.33. The number of ether oxygens (including phenoxy) is 1. The minimum absolute atomic E-state index is 0.0370. The number of rotatable bonds is 4. The molecular formula is C14H16ClFN2O2. The molecule has 1 heterocycles. The molecule has 1 aromatic heterocycles. The molecule has 108 valence electrons. The van der Waals surface area contributed by atoms with Crippen LogP contribution in [0.25, 0.3) is 11.0 Å². The van der Waals surface area contributed by atoms with E-state index in [1.165, 1.54) is 13.2 Å². The summed E-state index contributed by atoms with van der Waals surface area (Å²) in [4.78, 5) is 16.2. The predicted molar refractivity (Wildman–Crippen MR) is 75.1 cm³/mol. The van der Waals surface area contributed by atoms with Crippen LogP contribution in [0.1, 0.15) is 25.7 Å². The van der Waals surface area contributed by atoms with E-state index >= 15 is 0 Å². The Morgan fingerprint density at radius 1 is 1.50 bits per heavy atom. The highest BCUT2D eigenvalue weighted by molar-refractivity contribution is 6.16. The van der Waals surface area contributed by atoms with Gasteiger partial charge in [-0.25, -0.2) is 14.2 Å². The van der Waals surface area contributed by atoms with Crippen LogP contribution in [-0.4, -0.2) is 22.6 Å². The van der Waals surface area contributed by atoms with Gasteiger partial charge in [-0.3, -0.25) is 0 Å². The minimum atomic E-state index is -0.583. The first-order valence-electron chi connectivity index (χ1n) is 6.30. The number of alkyl halides is 1. The average Bonchev–Trinajstić information content (AvgIpc) is 2.79. The van der Waals surface area contributed by atoms with Crippen molar-refractivity contribution in [2.24, 2.45) is 5.92 Å². The fraction of sp³-hybridized carbons (Fsp3) is 0.429. The zero-order valence-electron chi connectivity index (χ0n) is 11.6. The number of hydrogen-bond acceptors (Lipinski definition) is 3. The summed E-state index contributed by atoms with van der Waals surface area (Å²) in [5.74, 6) is -0.315. The van der Waals surface area contributed by atoms with Gasteiger partial charge in [-0.1, -0.05) is 19.9 Å². The van der Waals surface area contributed by atoms with E-state index in [1.807, 2.05) is 13.8 Å². The molecule has 0 saturated carbocycles. The second kappa shape index (κ2) is 5.79. The lowest BCUT2D eigenvalue weighted by molar-refractivity contribution is -0.145. The molecule has 0 aliphatic carbocycles. The van der Waals surface area contributed by atoms with Crippen molar-refractivity contribution >= 4 is 28.6 Å². The van der Waals surface area contributed by atoms with E-state index < -0.39 is 17.8 Å². The van der Waals surface area contributed by atoms with Crippen LogP contribution in [0.15, 0.2) is 18.2 Å². The Hall–Kier alpha value is -1.62. The molecule has 20 heavy (non-hydrogen) atoms. The van der Waals surface area contributed by atoms with Crippen LogP contribution in [0, 0.1) is 11.7 Å². The molecule has 2 aromatic rings. The van der Waals surface area contributed by atoms with Crippen LogP contribution in [0.4, 0.5) is 4.39 Å². The number of halogens is 2. The van der Waals surface area contributed by atoms with Crippen molar-refractivity contribution in [2.45, 2.75) is 25.8 Å². The highest BCUT2D eigenvalue weighted by Gasteiger charge is 2.29. The first-order valence-corrected chi connectivity index (χ1v) is 6.83. The number of nitrogens with zero attached hydrogens (tertiary/aromatic N) is 2. The molecule has 0 bridgehead atoms. The van der Waals surface area contributed by atoms with Crippen molar-refractivity contribution in [3.63, 3.8) is 0 Å². The van der Waals surface area contributed by atoms with E-state index in [-0.39, 0.29) is 17.3 Å². The van der Waals surface area contributed by atoms with Crippen molar-refractivity contribution in [1.29, 1.82) is 0 Å². The normalized spacial score (nSPS) is 12.9. The van der Waals surface area contributed by atoms with Crippen LogP contribution in [0.5, 0.6) is 0 Å². The van der Waals surface area contributed by atoms with Crippen molar-refractivity contribution in [3.05, 3.63) is 29.8 Å². The zero-order chi connectivity index (χ0) is 14.9. The van der Waals surface area contributed by atoms with E-state index in [2.05, 4.69) is 4.98 Å². The van der Waals surface area contributed by atoms with E-state index in [9.17, 15) is 9.18 Å². The largest absolute Gasteiger partial charge is 0.467 e. The van der Waals surface area contributed by atoms with Gasteiger partial charge in [0.15, 0.2) is 5.82 Å². The van der Waals surface area contributed by atoms with Crippen LogP contribution >= 0.6 is 11.6 Å². The summed E-state index contributed by atoms with van der Waals surface area (Å²) < 4.78 is 20.3. The number of benzene rings is 1. The lowest BCUT2D eigenvalue weighted by Gasteiger charge is -2.22. The van der Waals surface area contributed by atoms with Gasteiger partial charge in [0, 0.05) is 0 Å². The Morgan fingerprint density at radius 2 is 2.20 bits per heavy atom. The van der Waals surface area contributed by atoms with Gasteiger partial charge in [-0.2, -0.15) is 0 Å². The number of imidazole rings is 1. The molecule has 0 N–H and O–H groups in total. The summed E-state index contributed by atoms with van der Waals surface area (Å²) >= 11 is 5.89. The maximum Gasteiger partial charge on any atom is 0.329 e. The van der Waals surface area contributed by atoms with Gasteiger partial charge in [0.05, 0.1) is 18.5 Å². The van der Waals surface area contributed by atoms with Crippen molar-refractivity contribution in [3.8, 4) is 0 Å². The molecule has 1 aromatic carbocycles. The van der Waals surface area contributed by atoms with E-state index in [0.717, 1.165) is 0 Å². The van der Waals surface area contributed by atoms with Gasteiger partial charge in [-0.05, 0) is 18.1 Å². The third-order valence-corrected chi connectivity index (χ3v) is 3.45. The molecule has 6 heteroatoms. The second-order valence-corrected chi connectivity index (χ2v) is 5.12. The van der Waals surface area contributed by atoms with Crippen molar-refractivity contribution in [2.75, 3.05) is 7.11 Å². The Bertz CT molecular complexity index is 639. The number of carbonyl (C=O) groups is 1. The fourth-order valence-corrected chi connectivity index (χ4v) is 2.52. The number of fused-ring (bicyclic) bond motifs is 1. The van der Waals surface area contributed by atoms with Crippen LogP contribution in [0.2, 0.25) is 0 Å². The summed E-state index contributed by atoms with van der Waals surface area (Å²) in [6.45, 7) is 3.79. The number of hydrogen-bond donors (Lipinski definition) is 0. The average molecular weight is 299 g/mol. The molecule has 0 amide bonds. The van der Waals surface area contributed by atoms with Gasteiger partial charge in [0.2, 0.25) is 0 Å². The van der Waals surface area contributed by atoms with Gasteiger partial charge in [0.1, 0.15) is 17.4 Å². The second-order valence-electron chi connectivity index (χ2n) is 4.85. The number of aromatic nitrogens is 2. The number of methoxy groups -OCH3 is 1. The summed E-state index contributed by atoms with van der Waals surface area (Å²) in [6.07, 6.45) is 0. The standard InChI is InChI=1S/C14H16ClFN2O2/c1-8(2)13(14(19)20-3)18-10-6-4-5-9(16)12(10)17-11(18)7-15/h4-6,8,13H,7H2,1-3H3. The molecule has 1 atom stereocenters. The number of para-hydroxylation sites is 1. The molecule has 0 spiro atoms. The molecule has 4 nitrogen and oxygen atoms in total. The summed E-state index contributed by atoms with van der Waals surface area (Å²) in [6, 6.07) is 4.06. The Labute approximate surface area is 121 Å². The maximum atomic E-state index is 13.8. The van der Waals surface area contributed by atoms with Crippen LogP contribution < -0.4 is 0 Å². The molecule has 0 fully saturated rings. The van der Waals surface area contributed by atoms with Gasteiger partial charge < -0.3 is 9.30 Å². The maximum absolute atomic E-state index is 13.8. The summed E-state index contributed by atoms with van der Waals surface area (Å²) in [7, 11) is 1.33. The lowest BCUT2D eigenvalue weighted by atomic mass is 10.0. The van der Waals surface area contributed by atoms with E-state index in [4.69, 9.17) is 16.3 Å². The predicted octanol–water partition coefficient (Wildman–Crippen LogP) is 3.28. The van der Waals surface area contributed by atoms with Crippen molar-refractivity contribution in [1.82, 2.24) is 9.55 Å². The highest BCUT2D eigenvalue weighted by Crippen LogP contribution is 2.29. The van der Waals surface area contributed by atoms with Crippen LogP contribution in [0.3, 0.4) is 0 Å². The third kappa shape index (κ3) is 2.38. The van der Waals surface area contributed by atoms with Gasteiger partial charge in [0.25, 0.3) is 0 Å². The molecule has 0 radical (unpaired) electrons. The van der Waals surface area contributed by atoms with E-state index in [0.29, 0.717) is 11.3 Å². The third-order valence-electron chi connectivity index (χ3n) is 3.22. The SMILES string of the molecule is COC(=O)C(C(C)C)n1c(CCl)nc2c(F)cccc21. The summed E-state index contributed by atoms with van der Waals surface area (Å²) in [5, 5.41) is 0. The van der Waals surface area contributed by atoms with E-state index in [1.54, 1.807) is 16.7 Å². The van der Waals surface area contributed by atoms with Crippen molar-refractivity contribution < 1.29 is 13.9 Å². The first-order chi connectivity index (χ1) is 9.51.